The summed E-state index contributed by atoms with van der Waals surface area (Å²) in [4.78, 5) is 11.8. The van der Waals surface area contributed by atoms with E-state index in [-0.39, 0.29) is 0 Å². The molecule has 0 amide bonds. The van der Waals surface area contributed by atoms with Crippen molar-refractivity contribution in [3.63, 3.8) is 0 Å². The molecular formula is C19H15ClO2. The number of carboxylic acid groups (broad SMARTS) is 1. The molecule has 1 atom stereocenters. The first-order chi connectivity index (χ1) is 10.6. The molecule has 0 radical (unpaired) electrons. The first-order valence-corrected chi connectivity index (χ1v) is 7.48. The van der Waals surface area contributed by atoms with Crippen LogP contribution in [0.3, 0.4) is 0 Å². The molecule has 0 aliphatic heterocycles. The second-order valence-corrected chi connectivity index (χ2v) is 5.73. The van der Waals surface area contributed by atoms with Gasteiger partial charge in [-0.1, -0.05) is 66.2 Å². The van der Waals surface area contributed by atoms with Gasteiger partial charge in [0.25, 0.3) is 0 Å². The van der Waals surface area contributed by atoms with Crippen LogP contribution in [0.2, 0.25) is 5.02 Å². The summed E-state index contributed by atoms with van der Waals surface area (Å²) in [6.45, 7) is 0. The maximum Gasteiger partial charge on any atom is 0.311 e. The van der Waals surface area contributed by atoms with Gasteiger partial charge in [-0.25, -0.2) is 0 Å². The highest BCUT2D eigenvalue weighted by Crippen LogP contribution is 2.29. The lowest BCUT2D eigenvalue weighted by Gasteiger charge is -2.15. The Morgan fingerprint density at radius 2 is 1.73 bits per heavy atom. The number of carboxylic acids is 1. The van der Waals surface area contributed by atoms with Crippen molar-refractivity contribution in [1.29, 1.82) is 0 Å². The highest BCUT2D eigenvalue weighted by molar-refractivity contribution is 6.30. The van der Waals surface area contributed by atoms with E-state index in [1.165, 1.54) is 0 Å². The number of carbonyl (C=O) groups is 1. The SMILES string of the molecule is O=C(O)C(Cc1cccc(Cl)c1)c1cccc2ccccc12. The Hall–Kier alpha value is -2.32. The molecule has 3 aromatic rings. The predicted molar refractivity (Wildman–Crippen MR) is 89.5 cm³/mol. The molecule has 0 aliphatic carbocycles. The van der Waals surface area contributed by atoms with Gasteiger partial charge in [-0.3, -0.25) is 4.79 Å². The van der Waals surface area contributed by atoms with Gasteiger partial charge in [0.1, 0.15) is 0 Å². The van der Waals surface area contributed by atoms with Crippen molar-refractivity contribution in [2.75, 3.05) is 0 Å². The number of benzene rings is 3. The van der Waals surface area contributed by atoms with Crippen LogP contribution in [0.15, 0.2) is 66.7 Å². The summed E-state index contributed by atoms with van der Waals surface area (Å²) in [7, 11) is 0. The molecule has 3 rings (SSSR count). The molecule has 22 heavy (non-hydrogen) atoms. The van der Waals surface area contributed by atoms with E-state index < -0.39 is 11.9 Å². The molecule has 0 heterocycles. The minimum Gasteiger partial charge on any atom is -0.481 e. The van der Waals surface area contributed by atoms with E-state index in [4.69, 9.17) is 11.6 Å². The number of fused-ring (bicyclic) bond motifs is 1. The molecular weight excluding hydrogens is 296 g/mol. The normalized spacial score (nSPS) is 12.2. The summed E-state index contributed by atoms with van der Waals surface area (Å²) < 4.78 is 0. The second-order valence-electron chi connectivity index (χ2n) is 5.29. The number of aliphatic carboxylic acids is 1. The van der Waals surface area contributed by atoms with Gasteiger partial charge in [-0.2, -0.15) is 0 Å². The van der Waals surface area contributed by atoms with Gasteiger partial charge in [0, 0.05) is 5.02 Å². The summed E-state index contributed by atoms with van der Waals surface area (Å²) in [5.74, 6) is -1.42. The van der Waals surface area contributed by atoms with Crippen LogP contribution in [0.1, 0.15) is 17.0 Å². The zero-order chi connectivity index (χ0) is 15.5. The number of hydrogen-bond donors (Lipinski definition) is 1. The highest BCUT2D eigenvalue weighted by atomic mass is 35.5. The van der Waals surface area contributed by atoms with Crippen LogP contribution in [0.5, 0.6) is 0 Å². The van der Waals surface area contributed by atoms with Gasteiger partial charge in [0.15, 0.2) is 0 Å². The third-order valence-electron chi connectivity index (χ3n) is 3.83. The maximum atomic E-state index is 11.8. The average molecular weight is 311 g/mol. The first-order valence-electron chi connectivity index (χ1n) is 7.10. The smallest absolute Gasteiger partial charge is 0.311 e. The van der Waals surface area contributed by atoms with Gasteiger partial charge < -0.3 is 5.11 Å². The van der Waals surface area contributed by atoms with E-state index in [9.17, 15) is 9.90 Å². The topological polar surface area (TPSA) is 37.3 Å². The molecule has 1 N–H and O–H groups in total. The molecule has 0 bridgehead atoms. The summed E-state index contributed by atoms with van der Waals surface area (Å²) in [5, 5.41) is 12.3. The lowest BCUT2D eigenvalue weighted by molar-refractivity contribution is -0.138. The number of hydrogen-bond acceptors (Lipinski definition) is 1. The van der Waals surface area contributed by atoms with E-state index in [1.54, 1.807) is 6.07 Å². The fraction of sp³-hybridized carbons (Fsp3) is 0.105. The van der Waals surface area contributed by atoms with Gasteiger partial charge in [0.05, 0.1) is 5.92 Å². The monoisotopic (exact) mass is 310 g/mol. The second kappa shape index (κ2) is 6.20. The van der Waals surface area contributed by atoms with Crippen molar-refractivity contribution in [1.82, 2.24) is 0 Å². The molecule has 0 fully saturated rings. The Balaban J connectivity index is 2.05. The molecule has 2 nitrogen and oxygen atoms in total. The average Bonchev–Trinajstić information content (AvgIpc) is 2.52. The molecule has 3 heteroatoms. The van der Waals surface area contributed by atoms with Crippen molar-refractivity contribution < 1.29 is 9.90 Å². The quantitative estimate of drug-likeness (QED) is 0.744. The molecule has 3 aromatic carbocycles. The zero-order valence-electron chi connectivity index (χ0n) is 11.9. The minimum absolute atomic E-state index is 0.421. The zero-order valence-corrected chi connectivity index (χ0v) is 12.6. The lowest BCUT2D eigenvalue weighted by atomic mass is 9.88. The molecule has 0 saturated carbocycles. The van der Waals surface area contributed by atoms with E-state index >= 15 is 0 Å². The summed E-state index contributed by atoms with van der Waals surface area (Å²) >= 11 is 6.00. The third kappa shape index (κ3) is 2.97. The fourth-order valence-electron chi connectivity index (χ4n) is 2.78. The predicted octanol–water partition coefficient (Wildman–Crippen LogP) is 4.90. The molecule has 0 aromatic heterocycles. The van der Waals surface area contributed by atoms with Crippen LogP contribution in [-0.4, -0.2) is 11.1 Å². The van der Waals surface area contributed by atoms with E-state index in [1.807, 2.05) is 60.7 Å². The largest absolute Gasteiger partial charge is 0.481 e. The summed E-state index contributed by atoms with van der Waals surface area (Å²) in [6, 6.07) is 21.0. The van der Waals surface area contributed by atoms with E-state index in [0.717, 1.165) is 21.9 Å². The lowest BCUT2D eigenvalue weighted by Crippen LogP contribution is -2.15. The van der Waals surface area contributed by atoms with Crippen LogP contribution in [0, 0.1) is 0 Å². The van der Waals surface area contributed by atoms with Crippen molar-refractivity contribution in [2.45, 2.75) is 12.3 Å². The third-order valence-corrected chi connectivity index (χ3v) is 4.06. The molecule has 0 aliphatic rings. The number of halogens is 1. The number of rotatable bonds is 4. The van der Waals surface area contributed by atoms with Crippen molar-refractivity contribution >= 4 is 28.3 Å². The Kier molecular flexibility index (Phi) is 4.12. The van der Waals surface area contributed by atoms with Crippen LogP contribution < -0.4 is 0 Å². The molecule has 0 saturated heterocycles. The van der Waals surface area contributed by atoms with Gasteiger partial charge in [0.2, 0.25) is 0 Å². The fourth-order valence-corrected chi connectivity index (χ4v) is 3.00. The van der Waals surface area contributed by atoms with Crippen LogP contribution >= 0.6 is 11.6 Å². The molecule has 1 unspecified atom stereocenters. The molecule has 110 valence electrons. The van der Waals surface area contributed by atoms with Crippen molar-refractivity contribution in [3.8, 4) is 0 Å². The Labute approximate surface area is 134 Å². The Bertz CT molecular complexity index is 821. The molecule has 0 spiro atoms. The van der Waals surface area contributed by atoms with E-state index in [0.29, 0.717) is 11.4 Å². The minimum atomic E-state index is -0.823. The maximum absolute atomic E-state index is 11.8. The van der Waals surface area contributed by atoms with Crippen molar-refractivity contribution in [3.05, 3.63) is 82.9 Å². The van der Waals surface area contributed by atoms with Crippen LogP contribution in [0.4, 0.5) is 0 Å². The Morgan fingerprint density at radius 3 is 2.50 bits per heavy atom. The van der Waals surface area contributed by atoms with Crippen molar-refractivity contribution in [2.24, 2.45) is 0 Å². The Morgan fingerprint density at radius 1 is 1.00 bits per heavy atom. The van der Waals surface area contributed by atoms with Gasteiger partial charge >= 0.3 is 5.97 Å². The van der Waals surface area contributed by atoms with Gasteiger partial charge in [-0.05, 0) is 40.5 Å². The van der Waals surface area contributed by atoms with Crippen LogP contribution in [-0.2, 0) is 11.2 Å². The summed E-state index contributed by atoms with van der Waals surface area (Å²) in [5.41, 5.74) is 1.76. The van der Waals surface area contributed by atoms with E-state index in [2.05, 4.69) is 0 Å². The summed E-state index contributed by atoms with van der Waals surface area (Å²) in [6.07, 6.45) is 0.421. The first kappa shape index (κ1) is 14.6. The standard InChI is InChI=1S/C19H15ClO2/c20-15-8-3-5-13(11-15)12-18(19(21)22)17-10-4-7-14-6-1-2-9-16(14)17/h1-11,18H,12H2,(H,21,22). The highest BCUT2D eigenvalue weighted by Gasteiger charge is 2.22. The van der Waals surface area contributed by atoms with Gasteiger partial charge in [-0.15, -0.1) is 0 Å². The van der Waals surface area contributed by atoms with Crippen LogP contribution in [0.25, 0.3) is 10.8 Å².